The lowest BCUT2D eigenvalue weighted by Gasteiger charge is -2.41. The van der Waals surface area contributed by atoms with Gasteiger partial charge in [-0.1, -0.05) is 24.6 Å². The van der Waals surface area contributed by atoms with Crippen LogP contribution >= 0.6 is 0 Å². The smallest absolute Gasteiger partial charge is 0.276 e. The van der Waals surface area contributed by atoms with Crippen LogP contribution in [0, 0.1) is 11.8 Å². The highest BCUT2D eigenvalue weighted by molar-refractivity contribution is 6.02. The molecular formula is C22H27N5O. The number of hydrogen-bond acceptors (Lipinski definition) is 5. The van der Waals surface area contributed by atoms with Crippen LogP contribution in [0.1, 0.15) is 36.2 Å². The molecule has 0 radical (unpaired) electrons. The van der Waals surface area contributed by atoms with Crippen molar-refractivity contribution in [3.05, 3.63) is 48.2 Å². The van der Waals surface area contributed by atoms with Crippen molar-refractivity contribution in [2.45, 2.75) is 31.7 Å². The number of amides is 1. The molecule has 28 heavy (non-hydrogen) atoms. The van der Waals surface area contributed by atoms with Gasteiger partial charge in [0.25, 0.3) is 5.91 Å². The number of nitrogens with one attached hydrogen (secondary N) is 1. The first-order chi connectivity index (χ1) is 13.8. The predicted molar refractivity (Wildman–Crippen MR) is 109 cm³/mol. The standard InChI is InChI=1S/C22H27N5O/c28-22(23-18-4-2-1-3-5-18)19-8-9-21(25-24-19)27-12-10-26(11-13-27)20-15-16-6-7-17(20)14-16/h1-5,8-9,16-17,20H,6-7,10-15H2,(H,23,28)/t16-,17+,20-/m1/s1. The van der Waals surface area contributed by atoms with E-state index < -0.39 is 0 Å². The van der Waals surface area contributed by atoms with Crippen LogP contribution in [0.25, 0.3) is 0 Å². The molecule has 3 fully saturated rings. The molecule has 1 aromatic heterocycles. The van der Waals surface area contributed by atoms with Gasteiger partial charge in [0.15, 0.2) is 11.5 Å². The van der Waals surface area contributed by atoms with E-state index in [0.29, 0.717) is 5.69 Å². The molecule has 2 bridgehead atoms. The first-order valence-electron chi connectivity index (χ1n) is 10.5. The Kier molecular flexibility index (Phi) is 4.72. The number of para-hydroxylation sites is 1. The molecule has 1 amide bonds. The van der Waals surface area contributed by atoms with Crippen LogP contribution in [-0.4, -0.2) is 53.2 Å². The Hall–Kier alpha value is -2.47. The highest BCUT2D eigenvalue weighted by Crippen LogP contribution is 2.46. The van der Waals surface area contributed by atoms with E-state index in [1.54, 1.807) is 6.07 Å². The molecule has 1 aromatic carbocycles. The summed E-state index contributed by atoms with van der Waals surface area (Å²) in [6.45, 7) is 4.17. The molecule has 2 aromatic rings. The summed E-state index contributed by atoms with van der Waals surface area (Å²) in [6, 6.07) is 13.9. The van der Waals surface area contributed by atoms with E-state index in [0.717, 1.165) is 55.6 Å². The zero-order chi connectivity index (χ0) is 18.9. The lowest BCUT2D eigenvalue weighted by atomic mass is 9.93. The van der Waals surface area contributed by atoms with Crippen LogP contribution < -0.4 is 10.2 Å². The summed E-state index contributed by atoms with van der Waals surface area (Å²) in [5, 5.41) is 11.3. The van der Waals surface area contributed by atoms with Crippen LogP contribution in [0.4, 0.5) is 11.5 Å². The molecule has 0 unspecified atom stereocenters. The number of hydrogen-bond donors (Lipinski definition) is 1. The van der Waals surface area contributed by atoms with Crippen molar-refractivity contribution >= 4 is 17.4 Å². The van der Waals surface area contributed by atoms with Gasteiger partial charge in [-0.3, -0.25) is 9.69 Å². The number of aromatic nitrogens is 2. The summed E-state index contributed by atoms with van der Waals surface area (Å²) in [5.74, 6) is 2.57. The van der Waals surface area contributed by atoms with Crippen molar-refractivity contribution in [1.29, 1.82) is 0 Å². The molecule has 1 aliphatic heterocycles. The lowest BCUT2D eigenvalue weighted by molar-refractivity contribution is 0.102. The van der Waals surface area contributed by atoms with Crippen LogP contribution in [0.3, 0.4) is 0 Å². The maximum Gasteiger partial charge on any atom is 0.276 e. The van der Waals surface area contributed by atoms with E-state index in [4.69, 9.17) is 0 Å². The van der Waals surface area contributed by atoms with Gasteiger partial charge < -0.3 is 10.2 Å². The minimum atomic E-state index is -0.230. The Labute approximate surface area is 165 Å². The third-order valence-corrected chi connectivity index (χ3v) is 6.72. The van der Waals surface area contributed by atoms with Crippen molar-refractivity contribution in [3.63, 3.8) is 0 Å². The summed E-state index contributed by atoms with van der Waals surface area (Å²) in [5.41, 5.74) is 1.10. The Morgan fingerprint density at radius 2 is 1.75 bits per heavy atom. The highest BCUT2D eigenvalue weighted by atomic mass is 16.1. The number of piperazine rings is 1. The van der Waals surface area contributed by atoms with E-state index in [2.05, 4.69) is 25.3 Å². The average Bonchev–Trinajstić information content (AvgIpc) is 3.39. The summed E-state index contributed by atoms with van der Waals surface area (Å²) in [7, 11) is 0. The molecule has 3 aliphatic rings. The molecule has 0 spiro atoms. The second-order valence-electron chi connectivity index (χ2n) is 8.36. The van der Waals surface area contributed by atoms with Crippen molar-refractivity contribution < 1.29 is 4.79 Å². The SMILES string of the molecule is O=C(Nc1ccccc1)c1ccc(N2CCN([C@@H]3C[C@@H]4CC[C@H]3C4)CC2)nn1. The maximum absolute atomic E-state index is 12.3. The van der Waals surface area contributed by atoms with Crippen molar-refractivity contribution in [3.8, 4) is 0 Å². The summed E-state index contributed by atoms with van der Waals surface area (Å²) in [6.07, 6.45) is 5.77. The molecule has 6 nitrogen and oxygen atoms in total. The minimum Gasteiger partial charge on any atom is -0.353 e. The van der Waals surface area contributed by atoms with E-state index in [9.17, 15) is 4.79 Å². The van der Waals surface area contributed by atoms with Gasteiger partial charge in [-0.25, -0.2) is 0 Å². The van der Waals surface area contributed by atoms with Gasteiger partial charge in [0.1, 0.15) is 0 Å². The molecule has 5 rings (SSSR count). The molecule has 1 N–H and O–H groups in total. The van der Waals surface area contributed by atoms with E-state index in [1.807, 2.05) is 36.4 Å². The van der Waals surface area contributed by atoms with Gasteiger partial charge in [-0.05, 0) is 55.4 Å². The van der Waals surface area contributed by atoms with Gasteiger partial charge >= 0.3 is 0 Å². The Balaban J connectivity index is 1.17. The number of carbonyl (C=O) groups excluding carboxylic acids is 1. The van der Waals surface area contributed by atoms with Crippen molar-refractivity contribution in [2.24, 2.45) is 11.8 Å². The quantitative estimate of drug-likeness (QED) is 0.887. The topological polar surface area (TPSA) is 61.4 Å². The third-order valence-electron chi connectivity index (χ3n) is 6.72. The van der Waals surface area contributed by atoms with Crippen LogP contribution in [0.2, 0.25) is 0 Å². The minimum absolute atomic E-state index is 0.230. The van der Waals surface area contributed by atoms with Gasteiger partial charge in [0, 0.05) is 37.9 Å². The fourth-order valence-electron chi connectivity index (χ4n) is 5.27. The number of anilines is 2. The van der Waals surface area contributed by atoms with Crippen LogP contribution in [-0.2, 0) is 0 Å². The van der Waals surface area contributed by atoms with Crippen LogP contribution in [0.15, 0.2) is 42.5 Å². The zero-order valence-corrected chi connectivity index (χ0v) is 16.1. The molecule has 2 saturated carbocycles. The first kappa shape index (κ1) is 17.6. The second-order valence-corrected chi connectivity index (χ2v) is 8.36. The molecule has 2 aliphatic carbocycles. The lowest BCUT2D eigenvalue weighted by Crippen LogP contribution is -2.52. The number of fused-ring (bicyclic) bond motifs is 2. The monoisotopic (exact) mass is 377 g/mol. The molecule has 146 valence electrons. The van der Waals surface area contributed by atoms with E-state index in [1.165, 1.54) is 25.7 Å². The van der Waals surface area contributed by atoms with Crippen molar-refractivity contribution in [2.75, 3.05) is 36.4 Å². The highest BCUT2D eigenvalue weighted by Gasteiger charge is 2.42. The van der Waals surface area contributed by atoms with Gasteiger partial charge in [-0.15, -0.1) is 10.2 Å². The molecule has 6 heteroatoms. The second kappa shape index (κ2) is 7.51. The normalized spacial score (nSPS) is 27.1. The van der Waals surface area contributed by atoms with E-state index in [-0.39, 0.29) is 5.91 Å². The van der Waals surface area contributed by atoms with Gasteiger partial charge in [0.2, 0.25) is 0 Å². The first-order valence-corrected chi connectivity index (χ1v) is 10.5. The molecule has 3 atom stereocenters. The predicted octanol–water partition coefficient (Wildman–Crippen LogP) is 3.04. The number of benzene rings is 1. The molecular weight excluding hydrogens is 350 g/mol. The summed E-state index contributed by atoms with van der Waals surface area (Å²) >= 11 is 0. The maximum atomic E-state index is 12.3. The Bertz CT molecular complexity index is 817. The van der Waals surface area contributed by atoms with Gasteiger partial charge in [-0.2, -0.15) is 0 Å². The molecule has 1 saturated heterocycles. The Morgan fingerprint density at radius 3 is 2.39 bits per heavy atom. The average molecular weight is 377 g/mol. The fourth-order valence-corrected chi connectivity index (χ4v) is 5.27. The number of nitrogens with zero attached hydrogens (tertiary/aromatic N) is 4. The Morgan fingerprint density at radius 1 is 0.929 bits per heavy atom. The third kappa shape index (κ3) is 3.49. The number of rotatable bonds is 4. The summed E-state index contributed by atoms with van der Waals surface area (Å²) < 4.78 is 0. The van der Waals surface area contributed by atoms with Crippen molar-refractivity contribution in [1.82, 2.24) is 15.1 Å². The largest absolute Gasteiger partial charge is 0.353 e. The fraction of sp³-hybridized carbons (Fsp3) is 0.500. The number of carbonyl (C=O) groups is 1. The van der Waals surface area contributed by atoms with Crippen LogP contribution in [0.5, 0.6) is 0 Å². The zero-order valence-electron chi connectivity index (χ0n) is 16.1. The molecule has 2 heterocycles. The summed E-state index contributed by atoms with van der Waals surface area (Å²) in [4.78, 5) is 17.3. The van der Waals surface area contributed by atoms with E-state index >= 15 is 0 Å². The van der Waals surface area contributed by atoms with Gasteiger partial charge in [0.05, 0.1) is 0 Å².